The van der Waals surface area contributed by atoms with Gasteiger partial charge in [-0.2, -0.15) is 0 Å². The van der Waals surface area contributed by atoms with E-state index in [0.717, 1.165) is 25.3 Å². The molecule has 0 amide bonds. The Balaban J connectivity index is 1.40. The van der Waals surface area contributed by atoms with Gasteiger partial charge in [-0.25, -0.2) is 32.9 Å². The molecule has 1 aliphatic rings. The lowest BCUT2D eigenvalue weighted by Gasteiger charge is -2.31. The summed E-state index contributed by atoms with van der Waals surface area (Å²) >= 11 is 0. The smallest absolute Gasteiger partial charge is 0.346 e. The molecule has 0 radical (unpaired) electrons. The number of hydrogen-bond donors (Lipinski definition) is 4. The molecule has 2 atom stereocenters. The van der Waals surface area contributed by atoms with Gasteiger partial charge >= 0.3 is 5.69 Å². The molecule has 0 spiro atoms. The average Bonchev–Trinajstić information content (AvgIpc) is 3.26. The summed E-state index contributed by atoms with van der Waals surface area (Å²) in [6, 6.07) is 1.80. The third kappa shape index (κ3) is 4.49. The molecule has 0 unspecified atom stereocenters. The van der Waals surface area contributed by atoms with Crippen molar-refractivity contribution in [1.29, 1.82) is 0 Å². The third-order valence-electron chi connectivity index (χ3n) is 6.29. The molecular formula is C25H22F3N7O. The zero-order chi connectivity index (χ0) is 25.4. The Hall–Kier alpha value is -4.33. The summed E-state index contributed by atoms with van der Waals surface area (Å²) in [7, 11) is 0. The Morgan fingerprint density at radius 1 is 1.14 bits per heavy atom. The maximum Gasteiger partial charge on any atom is 0.346 e. The SMILES string of the molecule is C#Cc1cnc(=O)[nH]c1N[C@@H]1CCC[C@H](Nc2nc(-c3c[nH]c4c(F)cc(F)cc34)nc(C)c2F)C1. The van der Waals surface area contributed by atoms with Crippen LogP contribution in [0.2, 0.25) is 0 Å². The zero-order valence-electron chi connectivity index (χ0n) is 19.3. The van der Waals surface area contributed by atoms with Gasteiger partial charge in [0, 0.05) is 35.3 Å². The van der Waals surface area contributed by atoms with Crippen molar-refractivity contribution in [2.45, 2.75) is 44.7 Å². The minimum Gasteiger partial charge on any atom is -0.368 e. The predicted molar refractivity (Wildman–Crippen MR) is 130 cm³/mol. The van der Waals surface area contributed by atoms with Gasteiger partial charge in [-0.1, -0.05) is 5.92 Å². The summed E-state index contributed by atoms with van der Waals surface area (Å²) in [5, 5.41) is 6.70. The van der Waals surface area contributed by atoms with Crippen molar-refractivity contribution in [1.82, 2.24) is 24.9 Å². The number of aryl methyl sites for hydroxylation is 1. The number of aromatic nitrogens is 5. The van der Waals surface area contributed by atoms with Gasteiger partial charge in [0.1, 0.15) is 17.5 Å². The first-order valence-electron chi connectivity index (χ1n) is 11.4. The number of fused-ring (bicyclic) bond motifs is 1. The number of nitrogens with one attached hydrogen (secondary N) is 4. The normalized spacial score (nSPS) is 17.6. The Kier molecular flexibility index (Phi) is 6.10. The van der Waals surface area contributed by atoms with E-state index >= 15 is 4.39 Å². The maximum atomic E-state index is 15.0. The van der Waals surface area contributed by atoms with E-state index in [0.29, 0.717) is 23.4 Å². The van der Waals surface area contributed by atoms with Gasteiger partial charge in [0.15, 0.2) is 17.5 Å². The number of H-pyrrole nitrogens is 2. The number of anilines is 2. The van der Waals surface area contributed by atoms with E-state index < -0.39 is 23.1 Å². The van der Waals surface area contributed by atoms with Crippen molar-refractivity contribution in [2.24, 2.45) is 0 Å². The maximum absolute atomic E-state index is 15.0. The van der Waals surface area contributed by atoms with Crippen LogP contribution in [0.15, 0.2) is 29.3 Å². The quantitative estimate of drug-likeness (QED) is 0.310. The standard InChI is InChI=1S/C25H22F3N7O/c1-3-13-10-30-25(36)35-22(13)32-15-5-4-6-16(9-15)33-24-20(28)12(2)31-23(34-24)18-11-29-21-17(18)7-14(26)8-19(21)27/h1,7-8,10-11,15-16,29H,4-6,9H2,2H3,(H,31,33,34)(H2,30,32,35,36)/t15-,16+/m1/s1. The van der Waals surface area contributed by atoms with Crippen molar-refractivity contribution in [3.05, 3.63) is 63.7 Å². The van der Waals surface area contributed by atoms with E-state index in [-0.39, 0.29) is 40.3 Å². The van der Waals surface area contributed by atoms with Crippen molar-refractivity contribution >= 4 is 22.5 Å². The monoisotopic (exact) mass is 493 g/mol. The summed E-state index contributed by atoms with van der Waals surface area (Å²) in [5.74, 6) is 0.998. The molecule has 11 heteroatoms. The first-order chi connectivity index (χ1) is 17.3. The molecule has 3 aromatic heterocycles. The highest BCUT2D eigenvalue weighted by molar-refractivity contribution is 5.94. The molecule has 1 aliphatic carbocycles. The minimum atomic E-state index is -0.738. The van der Waals surface area contributed by atoms with E-state index in [2.05, 4.69) is 41.5 Å². The van der Waals surface area contributed by atoms with Gasteiger partial charge < -0.3 is 15.6 Å². The van der Waals surface area contributed by atoms with Crippen molar-refractivity contribution in [3.8, 4) is 23.7 Å². The Labute approximate surface area is 203 Å². The molecule has 8 nitrogen and oxygen atoms in total. The van der Waals surface area contributed by atoms with Gasteiger partial charge in [-0.05, 0) is 38.7 Å². The fourth-order valence-corrected chi connectivity index (χ4v) is 4.58. The van der Waals surface area contributed by atoms with Crippen LogP contribution in [0.1, 0.15) is 36.9 Å². The molecule has 1 saturated carbocycles. The van der Waals surface area contributed by atoms with Crippen LogP contribution in [-0.2, 0) is 0 Å². The number of aromatic amines is 2. The van der Waals surface area contributed by atoms with Crippen LogP contribution in [-0.4, -0.2) is 37.0 Å². The molecule has 36 heavy (non-hydrogen) atoms. The van der Waals surface area contributed by atoms with Gasteiger partial charge in [-0.3, -0.25) is 4.98 Å². The van der Waals surface area contributed by atoms with Crippen LogP contribution in [0.4, 0.5) is 24.8 Å². The number of hydrogen-bond acceptors (Lipinski definition) is 6. The minimum absolute atomic E-state index is 0.0102. The fourth-order valence-electron chi connectivity index (χ4n) is 4.58. The molecule has 0 aliphatic heterocycles. The molecular weight excluding hydrogens is 471 g/mol. The molecule has 1 fully saturated rings. The molecule has 0 bridgehead atoms. The molecule has 0 saturated heterocycles. The van der Waals surface area contributed by atoms with E-state index in [1.54, 1.807) is 0 Å². The van der Waals surface area contributed by atoms with Crippen LogP contribution in [0, 0.1) is 36.7 Å². The number of benzene rings is 1. The number of terminal acetylenes is 1. The number of nitrogens with zero attached hydrogens (tertiary/aromatic N) is 3. The second-order valence-corrected chi connectivity index (χ2v) is 8.78. The highest BCUT2D eigenvalue weighted by atomic mass is 19.1. The highest BCUT2D eigenvalue weighted by Crippen LogP contribution is 2.31. The highest BCUT2D eigenvalue weighted by Gasteiger charge is 2.25. The van der Waals surface area contributed by atoms with E-state index in [1.165, 1.54) is 25.4 Å². The lowest BCUT2D eigenvalue weighted by molar-refractivity contribution is 0.424. The van der Waals surface area contributed by atoms with Crippen molar-refractivity contribution < 1.29 is 13.2 Å². The fraction of sp³-hybridized carbons (Fsp3) is 0.280. The summed E-state index contributed by atoms with van der Waals surface area (Å²) in [5.41, 5.74) is 0.519. The van der Waals surface area contributed by atoms with E-state index in [9.17, 15) is 13.6 Å². The number of halogens is 3. The summed E-state index contributed by atoms with van der Waals surface area (Å²) in [6.07, 6.45) is 11.4. The average molecular weight is 493 g/mol. The second-order valence-electron chi connectivity index (χ2n) is 8.78. The largest absolute Gasteiger partial charge is 0.368 e. The Morgan fingerprint density at radius 3 is 2.69 bits per heavy atom. The van der Waals surface area contributed by atoms with Crippen LogP contribution >= 0.6 is 0 Å². The Bertz CT molecular complexity index is 1560. The molecule has 4 aromatic rings. The summed E-state index contributed by atoms with van der Waals surface area (Å²) in [6.45, 7) is 1.51. The topological polar surface area (TPSA) is 111 Å². The van der Waals surface area contributed by atoms with Crippen LogP contribution in [0.3, 0.4) is 0 Å². The molecule has 5 rings (SSSR count). The Morgan fingerprint density at radius 2 is 1.92 bits per heavy atom. The molecule has 1 aromatic carbocycles. The summed E-state index contributed by atoms with van der Waals surface area (Å²) < 4.78 is 43.0. The molecule has 184 valence electrons. The van der Waals surface area contributed by atoms with E-state index in [1.807, 2.05) is 0 Å². The summed E-state index contributed by atoms with van der Waals surface area (Å²) in [4.78, 5) is 29.3. The first-order valence-corrected chi connectivity index (χ1v) is 11.4. The second kappa shape index (κ2) is 9.37. The van der Waals surface area contributed by atoms with Crippen molar-refractivity contribution in [3.63, 3.8) is 0 Å². The molecule has 3 heterocycles. The zero-order valence-corrected chi connectivity index (χ0v) is 19.3. The van der Waals surface area contributed by atoms with Crippen LogP contribution in [0.25, 0.3) is 22.3 Å². The van der Waals surface area contributed by atoms with Gasteiger partial charge in [0.05, 0.1) is 23.0 Å². The third-order valence-corrected chi connectivity index (χ3v) is 6.29. The lowest BCUT2D eigenvalue weighted by Crippen LogP contribution is -2.35. The predicted octanol–water partition coefficient (Wildman–Crippen LogP) is 4.25. The van der Waals surface area contributed by atoms with Gasteiger partial charge in [-0.15, -0.1) is 6.42 Å². The lowest BCUT2D eigenvalue weighted by atomic mass is 9.91. The van der Waals surface area contributed by atoms with Crippen LogP contribution in [0.5, 0.6) is 0 Å². The van der Waals surface area contributed by atoms with Crippen molar-refractivity contribution in [2.75, 3.05) is 10.6 Å². The van der Waals surface area contributed by atoms with Gasteiger partial charge in [0.2, 0.25) is 0 Å². The van der Waals surface area contributed by atoms with Gasteiger partial charge in [0.25, 0.3) is 0 Å². The number of rotatable bonds is 5. The van der Waals surface area contributed by atoms with E-state index in [4.69, 9.17) is 6.42 Å². The molecule has 4 N–H and O–H groups in total. The van der Waals surface area contributed by atoms with Crippen LogP contribution < -0.4 is 16.3 Å². The first kappa shape index (κ1) is 23.4.